The Bertz CT molecular complexity index is 1250. The fraction of sp³-hybridized carbons (Fsp3) is 0.513. The number of ether oxygens (including phenoxy) is 3. The second-order valence-electron chi connectivity index (χ2n) is 11.6. The highest BCUT2D eigenvalue weighted by Gasteiger charge is 2.43. The molecule has 0 aromatic heterocycles. The number of amides is 1. The third kappa shape index (κ3) is 12.2. The maximum Gasteiger partial charge on any atom is 0.414 e. The average Bonchev–Trinajstić information content (AvgIpc) is 3.07. The van der Waals surface area contributed by atoms with Gasteiger partial charge < -0.3 is 14.2 Å². The van der Waals surface area contributed by atoms with Gasteiger partial charge in [0.25, 0.3) is 0 Å². The van der Waals surface area contributed by atoms with Crippen LogP contribution in [-0.4, -0.2) is 69.2 Å². The number of hydrogen-bond donors (Lipinski definition) is 0. The minimum absolute atomic E-state index is 0.253. The van der Waals surface area contributed by atoms with Gasteiger partial charge in [0, 0.05) is 64.3 Å². The van der Waals surface area contributed by atoms with E-state index in [0.717, 1.165) is 91.9 Å². The highest BCUT2D eigenvalue weighted by molar-refractivity contribution is 5.89. The number of hydrogen-bond acceptors (Lipinski definition) is 5. The van der Waals surface area contributed by atoms with Gasteiger partial charge in [-0.15, -0.1) is 0 Å². The molecule has 2 saturated heterocycles. The van der Waals surface area contributed by atoms with Gasteiger partial charge in [0.2, 0.25) is 0 Å². The Balaban J connectivity index is 0.00000361. The van der Waals surface area contributed by atoms with Crippen LogP contribution in [-0.2, 0) is 14.2 Å². The molecule has 1 spiro atoms. The Hall–Kier alpha value is -3.26. The molecule has 2 heterocycles. The van der Waals surface area contributed by atoms with Crippen molar-refractivity contribution < 1.29 is 23.4 Å². The Morgan fingerprint density at radius 3 is 2.41 bits per heavy atom. The van der Waals surface area contributed by atoms with Crippen molar-refractivity contribution in [3.8, 4) is 0 Å². The van der Waals surface area contributed by atoms with Crippen molar-refractivity contribution in [2.75, 3.05) is 57.5 Å². The highest BCUT2D eigenvalue weighted by atomic mass is 19.1. The molecule has 0 unspecified atom stereocenters. The van der Waals surface area contributed by atoms with E-state index in [-0.39, 0.29) is 6.09 Å². The molecule has 1 aromatic rings. The quantitative estimate of drug-likeness (QED) is 0.134. The highest BCUT2D eigenvalue weighted by Crippen LogP contribution is 2.36. The minimum Gasteiger partial charge on any atom is -0.442 e. The maximum atomic E-state index is 13.7. The lowest BCUT2D eigenvalue weighted by molar-refractivity contribution is -0.0468. The van der Waals surface area contributed by atoms with Crippen LogP contribution in [0.4, 0.5) is 14.9 Å². The van der Waals surface area contributed by atoms with Gasteiger partial charge in [-0.05, 0) is 73.3 Å². The third-order valence-electron chi connectivity index (χ3n) is 8.37. The standard InChI is InChI=1S/C37H51FN2O4.C2H6/c1-7-10-24-43-25-17-32(26-33(28-42-9-3)31(6)29(4)15-16-34(38)8-2)27-39-21-18-37(19-22-39)20-23-40(36(41)44-37)35-14-12-11-13-30(35)5;1-2/h8,11-17,26H,2,6-7,9-10,18-25,27-28H2,1,3-5H3;1-2H3/b29-15+,32-17+,33-26-,34-16+;. The molecule has 7 heteroatoms. The molecular formula is C39H57FN2O4. The number of benzene rings is 1. The van der Waals surface area contributed by atoms with E-state index in [1.165, 1.54) is 12.2 Å². The number of aryl methyl sites for hydroxylation is 1. The van der Waals surface area contributed by atoms with Crippen LogP contribution in [0.2, 0.25) is 0 Å². The van der Waals surface area contributed by atoms with Crippen LogP contribution in [0.3, 0.4) is 0 Å². The molecule has 2 aliphatic heterocycles. The Kier molecular flexibility index (Phi) is 17.6. The molecule has 46 heavy (non-hydrogen) atoms. The van der Waals surface area contributed by atoms with Crippen molar-refractivity contribution in [1.29, 1.82) is 0 Å². The number of halogens is 1. The summed E-state index contributed by atoms with van der Waals surface area (Å²) >= 11 is 0. The van der Waals surface area contributed by atoms with Gasteiger partial charge in [-0.1, -0.05) is 76.8 Å². The first kappa shape index (κ1) is 38.9. The zero-order chi connectivity index (χ0) is 34.0. The lowest BCUT2D eigenvalue weighted by Crippen LogP contribution is -2.55. The summed E-state index contributed by atoms with van der Waals surface area (Å²) in [6, 6.07) is 7.94. The van der Waals surface area contributed by atoms with E-state index >= 15 is 0 Å². The van der Waals surface area contributed by atoms with Gasteiger partial charge in [0.1, 0.15) is 11.4 Å². The summed E-state index contributed by atoms with van der Waals surface area (Å²) < 4.78 is 31.5. The van der Waals surface area contributed by atoms with Gasteiger partial charge >= 0.3 is 6.09 Å². The number of unbranched alkanes of at least 4 members (excludes halogenated alkanes) is 1. The zero-order valence-electron chi connectivity index (χ0n) is 29.2. The van der Waals surface area contributed by atoms with E-state index in [9.17, 15) is 9.18 Å². The molecule has 6 nitrogen and oxygen atoms in total. The molecule has 0 atom stereocenters. The minimum atomic E-state index is -0.416. The lowest BCUT2D eigenvalue weighted by atomic mass is 9.86. The molecule has 2 aliphatic rings. The zero-order valence-corrected chi connectivity index (χ0v) is 29.2. The smallest absolute Gasteiger partial charge is 0.414 e. The number of para-hydroxylation sites is 1. The van der Waals surface area contributed by atoms with E-state index in [4.69, 9.17) is 14.2 Å². The Morgan fingerprint density at radius 2 is 1.78 bits per heavy atom. The summed E-state index contributed by atoms with van der Waals surface area (Å²) in [5.74, 6) is -0.397. The number of piperidine rings is 1. The van der Waals surface area contributed by atoms with E-state index in [1.807, 2.05) is 58.9 Å². The topological polar surface area (TPSA) is 51.2 Å². The van der Waals surface area contributed by atoms with E-state index in [1.54, 1.807) is 11.0 Å². The third-order valence-corrected chi connectivity index (χ3v) is 8.37. The van der Waals surface area contributed by atoms with Crippen molar-refractivity contribution in [3.05, 3.63) is 101 Å². The molecule has 0 radical (unpaired) electrons. The number of carbonyl (C=O) groups is 1. The van der Waals surface area contributed by atoms with Crippen molar-refractivity contribution in [2.24, 2.45) is 0 Å². The Labute approximate surface area is 278 Å². The second-order valence-corrected chi connectivity index (χ2v) is 11.6. The van der Waals surface area contributed by atoms with Gasteiger partial charge in [0.15, 0.2) is 0 Å². The van der Waals surface area contributed by atoms with Gasteiger partial charge in [-0.2, -0.15) is 0 Å². The summed E-state index contributed by atoms with van der Waals surface area (Å²) in [6.45, 7) is 25.1. The number of nitrogens with zero attached hydrogens (tertiary/aromatic N) is 2. The van der Waals surface area contributed by atoms with Crippen LogP contribution in [0.15, 0.2) is 95.9 Å². The van der Waals surface area contributed by atoms with Gasteiger partial charge in [0.05, 0.1) is 13.2 Å². The summed E-state index contributed by atoms with van der Waals surface area (Å²) in [6.07, 6.45) is 12.8. The molecule has 2 fully saturated rings. The first-order valence-corrected chi connectivity index (χ1v) is 16.9. The Morgan fingerprint density at radius 1 is 1.09 bits per heavy atom. The number of carbonyl (C=O) groups excluding carboxylic acids is 1. The average molecular weight is 637 g/mol. The summed E-state index contributed by atoms with van der Waals surface area (Å²) in [5, 5.41) is 0. The number of likely N-dealkylation sites (tertiary alicyclic amines) is 1. The maximum absolute atomic E-state index is 13.7. The lowest BCUT2D eigenvalue weighted by Gasteiger charge is -2.46. The van der Waals surface area contributed by atoms with Crippen LogP contribution >= 0.6 is 0 Å². The second kappa shape index (κ2) is 20.8. The van der Waals surface area contributed by atoms with E-state index < -0.39 is 11.4 Å². The fourth-order valence-electron chi connectivity index (χ4n) is 5.46. The van der Waals surface area contributed by atoms with Crippen molar-refractivity contribution in [2.45, 2.75) is 79.2 Å². The number of rotatable bonds is 16. The van der Waals surface area contributed by atoms with E-state index in [0.29, 0.717) is 26.4 Å². The molecule has 1 amide bonds. The van der Waals surface area contributed by atoms with E-state index in [2.05, 4.69) is 37.1 Å². The predicted molar refractivity (Wildman–Crippen MR) is 190 cm³/mol. The molecule has 0 N–H and O–H groups in total. The summed E-state index contributed by atoms with van der Waals surface area (Å²) in [7, 11) is 0. The largest absolute Gasteiger partial charge is 0.442 e. The summed E-state index contributed by atoms with van der Waals surface area (Å²) in [4.78, 5) is 17.3. The summed E-state index contributed by atoms with van der Waals surface area (Å²) in [5.41, 5.74) is 5.28. The van der Waals surface area contributed by atoms with Gasteiger partial charge in [-0.3, -0.25) is 9.80 Å². The molecule has 254 valence electrons. The molecule has 0 bridgehead atoms. The van der Waals surface area contributed by atoms with Crippen LogP contribution < -0.4 is 4.90 Å². The van der Waals surface area contributed by atoms with Crippen molar-refractivity contribution in [1.82, 2.24) is 4.90 Å². The number of allylic oxidation sites excluding steroid dienone is 5. The van der Waals surface area contributed by atoms with Crippen LogP contribution in [0.25, 0.3) is 0 Å². The molecule has 0 aliphatic carbocycles. The normalized spacial score (nSPS) is 17.8. The number of anilines is 1. The van der Waals surface area contributed by atoms with Crippen molar-refractivity contribution >= 4 is 11.8 Å². The first-order chi connectivity index (χ1) is 22.2. The fourth-order valence-corrected chi connectivity index (χ4v) is 5.46. The van der Waals surface area contributed by atoms with Gasteiger partial charge in [-0.25, -0.2) is 9.18 Å². The monoisotopic (exact) mass is 636 g/mol. The van der Waals surface area contributed by atoms with Crippen LogP contribution in [0, 0.1) is 6.92 Å². The molecule has 0 saturated carbocycles. The van der Waals surface area contributed by atoms with Crippen LogP contribution in [0.1, 0.15) is 72.3 Å². The van der Waals surface area contributed by atoms with Crippen molar-refractivity contribution in [3.63, 3.8) is 0 Å². The molecular weight excluding hydrogens is 579 g/mol. The molecule has 3 rings (SSSR count). The predicted octanol–water partition coefficient (Wildman–Crippen LogP) is 9.45. The van der Waals surface area contributed by atoms with Crippen LogP contribution in [0.5, 0.6) is 0 Å². The first-order valence-electron chi connectivity index (χ1n) is 16.9. The molecule has 1 aromatic carbocycles. The SMILES string of the molecule is C=C/C(F)=C\C=C(/C)C(=C)/C(=C\C(=C/COCCCC)CN1CCC2(CC1)CCN(c1ccccc1C)C(=O)O2)COCC.CC.